The summed E-state index contributed by atoms with van der Waals surface area (Å²) >= 11 is 6.28. The minimum absolute atomic E-state index is 0.397. The van der Waals surface area contributed by atoms with E-state index in [9.17, 15) is 4.79 Å². The van der Waals surface area contributed by atoms with E-state index >= 15 is 0 Å². The molecule has 2 aromatic heterocycles. The van der Waals surface area contributed by atoms with E-state index in [1.165, 1.54) is 0 Å². The number of primary amides is 1. The minimum Gasteiger partial charge on any atom is -0.494 e. The second-order valence-electron chi connectivity index (χ2n) is 9.24. The van der Waals surface area contributed by atoms with Gasteiger partial charge in [0.1, 0.15) is 11.4 Å². The van der Waals surface area contributed by atoms with Gasteiger partial charge in [0.05, 0.1) is 24.4 Å². The largest absolute Gasteiger partial charge is 0.494 e. The summed E-state index contributed by atoms with van der Waals surface area (Å²) in [5, 5.41) is 6.42. The number of fused-ring (bicyclic) bond motifs is 1. The molecule has 2 heterocycles. The van der Waals surface area contributed by atoms with Gasteiger partial charge in [-0.2, -0.15) is 5.10 Å². The summed E-state index contributed by atoms with van der Waals surface area (Å²) in [4.78, 5) is 12.6. The number of nitrogens with two attached hydrogens (primary N) is 1. The van der Waals surface area contributed by atoms with E-state index in [1.54, 1.807) is 7.11 Å². The number of aromatic nitrogens is 3. The van der Waals surface area contributed by atoms with E-state index in [1.807, 2.05) is 62.3 Å². The highest BCUT2D eigenvalue weighted by molar-refractivity contribution is 6.32. The lowest BCUT2D eigenvalue weighted by Crippen LogP contribution is -2.17. The van der Waals surface area contributed by atoms with Crippen LogP contribution in [0.3, 0.4) is 0 Å². The molecule has 0 spiro atoms. The molecule has 0 bridgehead atoms. The molecule has 0 fully saturated rings. The Morgan fingerprint density at radius 3 is 2.47 bits per heavy atom. The smallest absolute Gasteiger partial charge is 0.265 e. The summed E-state index contributed by atoms with van der Waals surface area (Å²) in [6.07, 6.45) is 1.38. The molecule has 0 aliphatic heterocycles. The molecule has 2 N–H and O–H groups in total. The predicted octanol–water partition coefficient (Wildman–Crippen LogP) is 5.41. The first-order valence-electron chi connectivity index (χ1n) is 12.0. The third-order valence-corrected chi connectivity index (χ3v) is 7.35. The van der Waals surface area contributed by atoms with Crippen molar-refractivity contribution in [2.75, 3.05) is 13.7 Å². The fraction of sp³-hybridized carbons (Fsp3) is 0.357. The van der Waals surface area contributed by atoms with E-state index in [2.05, 4.69) is 17.2 Å². The van der Waals surface area contributed by atoms with Crippen molar-refractivity contribution in [1.82, 2.24) is 14.3 Å². The zero-order valence-corrected chi connectivity index (χ0v) is 22.5. The Hall–Kier alpha value is -3.29. The highest BCUT2D eigenvalue weighted by Crippen LogP contribution is 2.37. The fourth-order valence-corrected chi connectivity index (χ4v) is 5.16. The number of aryl methyl sites for hydroxylation is 5. The number of nitrogens with zero attached hydrogens (tertiary/aromatic N) is 3. The van der Waals surface area contributed by atoms with Crippen LogP contribution in [0.4, 0.5) is 0 Å². The predicted molar refractivity (Wildman–Crippen MR) is 144 cm³/mol. The Kier molecular flexibility index (Phi) is 7.43. The maximum atomic E-state index is 12.6. The normalized spacial score (nSPS) is 11.4. The van der Waals surface area contributed by atoms with Crippen molar-refractivity contribution in [2.24, 2.45) is 19.8 Å². The average Bonchev–Trinajstić information content (AvgIpc) is 3.27. The van der Waals surface area contributed by atoms with Gasteiger partial charge in [0.15, 0.2) is 0 Å². The van der Waals surface area contributed by atoms with Crippen LogP contribution in [-0.2, 0) is 31.9 Å². The first kappa shape index (κ1) is 25.8. The number of para-hydroxylation sites is 1. The van der Waals surface area contributed by atoms with Crippen molar-refractivity contribution in [3.8, 4) is 16.9 Å². The van der Waals surface area contributed by atoms with Gasteiger partial charge < -0.3 is 19.8 Å². The minimum atomic E-state index is -0.445. The summed E-state index contributed by atoms with van der Waals surface area (Å²) in [6, 6.07) is 10.0. The molecule has 0 radical (unpaired) electrons. The van der Waals surface area contributed by atoms with Crippen LogP contribution >= 0.6 is 11.6 Å². The Morgan fingerprint density at radius 1 is 1.14 bits per heavy atom. The molecule has 190 valence electrons. The summed E-state index contributed by atoms with van der Waals surface area (Å²) in [5.74, 6) is 0.349. The molecule has 0 saturated carbocycles. The van der Waals surface area contributed by atoms with Gasteiger partial charge in [0.25, 0.3) is 5.91 Å². The van der Waals surface area contributed by atoms with Gasteiger partial charge in [0.2, 0.25) is 0 Å². The van der Waals surface area contributed by atoms with Crippen LogP contribution in [0, 0.1) is 20.8 Å². The lowest BCUT2D eigenvalue weighted by Gasteiger charge is -2.10. The van der Waals surface area contributed by atoms with Gasteiger partial charge in [-0.1, -0.05) is 29.8 Å². The Bertz CT molecular complexity index is 1430. The summed E-state index contributed by atoms with van der Waals surface area (Å²) in [5.41, 5.74) is 14.2. The van der Waals surface area contributed by atoms with Crippen LogP contribution in [-0.4, -0.2) is 34.0 Å². The molecule has 1 amide bonds. The Morgan fingerprint density at radius 2 is 1.83 bits per heavy atom. The van der Waals surface area contributed by atoms with Gasteiger partial charge in [-0.05, 0) is 62.4 Å². The number of carbonyl (C=O) groups excluding carboxylic acids is 1. The van der Waals surface area contributed by atoms with Crippen LogP contribution in [0.2, 0.25) is 5.02 Å². The molecule has 0 aliphatic rings. The Balaban J connectivity index is 1.70. The number of amides is 1. The maximum Gasteiger partial charge on any atom is 0.265 e. The number of ether oxygens (including phenoxy) is 2. The Labute approximate surface area is 216 Å². The first-order valence-corrected chi connectivity index (χ1v) is 12.3. The molecule has 8 heteroatoms. The fourth-order valence-electron chi connectivity index (χ4n) is 5.05. The van der Waals surface area contributed by atoms with Crippen LogP contribution in [0.15, 0.2) is 30.3 Å². The molecule has 0 saturated heterocycles. The molecule has 0 aliphatic carbocycles. The van der Waals surface area contributed by atoms with Crippen molar-refractivity contribution in [3.63, 3.8) is 0 Å². The molecule has 0 unspecified atom stereocenters. The standard InChI is InChI=1S/C28H33ClN4O3/c1-16-13-19(14-17(2)25(16)29)36-12-8-11-21-20-9-7-10-22(26(20)32(4)27(21)28(30)34)24-18(3)33(5)31-23(24)15-35-6/h7,9-10,13-14H,8,11-12,15H2,1-6H3,(H2,30,34). The number of carbonyl (C=O) groups is 1. The van der Waals surface area contributed by atoms with Gasteiger partial charge in [0, 0.05) is 48.4 Å². The van der Waals surface area contributed by atoms with Crippen molar-refractivity contribution >= 4 is 28.4 Å². The highest BCUT2D eigenvalue weighted by atomic mass is 35.5. The second kappa shape index (κ2) is 10.4. The van der Waals surface area contributed by atoms with Crippen LogP contribution in [0.1, 0.15) is 45.0 Å². The summed E-state index contributed by atoms with van der Waals surface area (Å²) in [6.45, 7) is 6.88. The molecular formula is C28H33ClN4O3. The van der Waals surface area contributed by atoms with Gasteiger partial charge >= 0.3 is 0 Å². The summed E-state index contributed by atoms with van der Waals surface area (Å²) < 4.78 is 15.2. The van der Waals surface area contributed by atoms with Crippen molar-refractivity contribution in [2.45, 2.75) is 40.2 Å². The average molecular weight is 509 g/mol. The zero-order valence-electron chi connectivity index (χ0n) is 21.7. The highest BCUT2D eigenvalue weighted by Gasteiger charge is 2.24. The third-order valence-electron chi connectivity index (χ3n) is 6.76. The summed E-state index contributed by atoms with van der Waals surface area (Å²) in [7, 11) is 5.48. The number of rotatable bonds is 9. The lowest BCUT2D eigenvalue weighted by atomic mass is 9.98. The molecule has 0 atom stereocenters. The monoisotopic (exact) mass is 508 g/mol. The topological polar surface area (TPSA) is 84.3 Å². The van der Waals surface area contributed by atoms with Gasteiger partial charge in [-0.25, -0.2) is 0 Å². The molecule has 4 rings (SSSR count). The molecule has 2 aromatic carbocycles. The number of hydrogen-bond donors (Lipinski definition) is 1. The van der Waals surface area contributed by atoms with Crippen molar-refractivity contribution < 1.29 is 14.3 Å². The van der Waals surface area contributed by atoms with E-state index in [0.29, 0.717) is 25.3 Å². The third kappa shape index (κ3) is 4.61. The lowest BCUT2D eigenvalue weighted by molar-refractivity contribution is 0.0992. The van der Waals surface area contributed by atoms with E-state index in [4.69, 9.17) is 26.8 Å². The van der Waals surface area contributed by atoms with E-state index in [-0.39, 0.29) is 0 Å². The molecule has 36 heavy (non-hydrogen) atoms. The number of methoxy groups -OCH3 is 1. The molecule has 4 aromatic rings. The molecule has 7 nitrogen and oxygen atoms in total. The SMILES string of the molecule is COCc1nn(C)c(C)c1-c1cccc2c(CCCOc3cc(C)c(Cl)c(C)c3)c(C(N)=O)n(C)c12. The quantitative estimate of drug-likeness (QED) is 0.306. The van der Waals surface area contributed by atoms with Gasteiger partial charge in [-0.15, -0.1) is 0 Å². The van der Waals surface area contributed by atoms with E-state index in [0.717, 1.165) is 67.3 Å². The number of benzene rings is 2. The van der Waals surface area contributed by atoms with Crippen LogP contribution < -0.4 is 10.5 Å². The van der Waals surface area contributed by atoms with Crippen molar-refractivity contribution in [3.05, 3.63) is 69.1 Å². The van der Waals surface area contributed by atoms with E-state index < -0.39 is 5.91 Å². The van der Waals surface area contributed by atoms with Gasteiger partial charge in [-0.3, -0.25) is 9.48 Å². The maximum absolute atomic E-state index is 12.6. The first-order chi connectivity index (χ1) is 17.1. The second-order valence-corrected chi connectivity index (χ2v) is 9.62. The number of hydrogen-bond acceptors (Lipinski definition) is 4. The van der Waals surface area contributed by atoms with Crippen molar-refractivity contribution in [1.29, 1.82) is 0 Å². The van der Waals surface area contributed by atoms with Crippen LogP contribution in [0.5, 0.6) is 5.75 Å². The zero-order chi connectivity index (χ0) is 26.1. The number of halogens is 1. The molecular weight excluding hydrogens is 476 g/mol. The van der Waals surface area contributed by atoms with Crippen LogP contribution in [0.25, 0.3) is 22.0 Å².